The third kappa shape index (κ3) is 3.80. The molecule has 0 fully saturated rings. The molecular weight excluding hydrogens is 398 g/mol. The van der Waals surface area contributed by atoms with Crippen LogP contribution in [0, 0.1) is 0 Å². The molecule has 0 aromatic heterocycles. The summed E-state index contributed by atoms with van der Waals surface area (Å²) in [6, 6.07) is 9.65. The van der Waals surface area contributed by atoms with E-state index in [1.165, 1.54) is 0 Å². The number of cyclic esters (lactones) is 1. The number of carbonyl (C=O) groups excluding carboxylic acids is 3. The van der Waals surface area contributed by atoms with Gasteiger partial charge in [-0.05, 0) is 28.7 Å². The number of rotatable bonds is 5. The molecule has 1 aliphatic heterocycles. The van der Waals surface area contributed by atoms with Gasteiger partial charge in [-0.3, -0.25) is 9.59 Å². The van der Waals surface area contributed by atoms with E-state index in [0.717, 1.165) is 11.1 Å². The van der Waals surface area contributed by atoms with Gasteiger partial charge >= 0.3 is 5.97 Å². The number of esters is 1. The van der Waals surface area contributed by atoms with Crippen LogP contribution in [0.25, 0.3) is 0 Å². The van der Waals surface area contributed by atoms with Gasteiger partial charge in [-0.2, -0.15) is 0 Å². The fourth-order valence-electron chi connectivity index (χ4n) is 3.19. The van der Waals surface area contributed by atoms with Crippen molar-refractivity contribution < 1.29 is 19.1 Å². The van der Waals surface area contributed by atoms with Gasteiger partial charge in [-0.25, -0.2) is 4.79 Å². The lowest BCUT2D eigenvalue weighted by molar-refractivity contribution is -0.139. The monoisotopic (exact) mass is 417 g/mol. The van der Waals surface area contributed by atoms with E-state index in [1.54, 1.807) is 12.2 Å². The van der Waals surface area contributed by atoms with Crippen LogP contribution in [-0.4, -0.2) is 28.7 Å². The highest BCUT2D eigenvalue weighted by atomic mass is 79.9. The molecule has 6 heteroatoms. The highest BCUT2D eigenvalue weighted by Crippen LogP contribution is 2.35. The molecule has 1 aromatic rings. The number of benzene rings is 1. The van der Waals surface area contributed by atoms with Gasteiger partial charge in [0.15, 0.2) is 0 Å². The summed E-state index contributed by atoms with van der Waals surface area (Å²) >= 11 is 3.47. The first-order chi connectivity index (χ1) is 12.2. The molecule has 1 aliphatic carbocycles. The van der Waals surface area contributed by atoms with Crippen LogP contribution in [0.15, 0.2) is 53.6 Å². The number of alkyl halides is 1. The van der Waals surface area contributed by atoms with Crippen LogP contribution in [0.4, 0.5) is 0 Å². The Morgan fingerprint density at radius 2 is 1.96 bits per heavy atom. The van der Waals surface area contributed by atoms with Crippen LogP contribution in [-0.2, 0) is 24.5 Å². The highest BCUT2D eigenvalue weighted by molar-refractivity contribution is 9.10. The van der Waals surface area contributed by atoms with Crippen molar-refractivity contribution in [3.8, 4) is 0 Å². The minimum Gasteiger partial charge on any atom is -0.458 e. The zero-order valence-corrected chi connectivity index (χ0v) is 16.3. The number of ether oxygens (including phenoxy) is 1. The van der Waals surface area contributed by atoms with Crippen LogP contribution in [0.1, 0.15) is 32.3 Å². The standard InChI is InChI=1S/C20H20BrNO4/c1-19(2,14-6-4-3-5-7-14)11-16(23)17(24)22-20(21)9-8-15-13(10-20)12-26-18(15)25/h3-9H,10-12H2,1-2H3,(H,22,24). The number of hydrogen-bond donors (Lipinski definition) is 1. The lowest BCUT2D eigenvalue weighted by Gasteiger charge is -2.29. The number of Topliss-reactive ketones (excluding diaryl/α,β-unsaturated/α-hetero) is 1. The maximum Gasteiger partial charge on any atom is 0.338 e. The molecule has 5 nitrogen and oxygen atoms in total. The summed E-state index contributed by atoms with van der Waals surface area (Å²) in [5, 5.41) is 2.74. The Labute approximate surface area is 160 Å². The molecular formula is C20H20BrNO4. The molecule has 0 radical (unpaired) electrons. The first-order valence-electron chi connectivity index (χ1n) is 8.38. The minimum atomic E-state index is -0.885. The van der Waals surface area contributed by atoms with Gasteiger partial charge < -0.3 is 10.1 Å². The maximum atomic E-state index is 12.5. The van der Waals surface area contributed by atoms with E-state index in [-0.39, 0.29) is 19.0 Å². The molecule has 0 bridgehead atoms. The van der Waals surface area contributed by atoms with Crippen LogP contribution >= 0.6 is 15.9 Å². The smallest absolute Gasteiger partial charge is 0.338 e. The number of nitrogens with one attached hydrogen (secondary N) is 1. The van der Waals surface area contributed by atoms with Gasteiger partial charge in [0.2, 0.25) is 5.78 Å². The Kier molecular flexibility index (Phi) is 4.88. The van der Waals surface area contributed by atoms with Crippen molar-refractivity contribution in [3.63, 3.8) is 0 Å². The van der Waals surface area contributed by atoms with E-state index in [0.29, 0.717) is 12.0 Å². The molecule has 1 aromatic carbocycles. The van der Waals surface area contributed by atoms with Gasteiger partial charge in [-0.15, -0.1) is 0 Å². The summed E-state index contributed by atoms with van der Waals surface area (Å²) in [6.45, 7) is 4.10. The summed E-state index contributed by atoms with van der Waals surface area (Å²) in [5.41, 5.74) is 1.90. The number of ketones is 1. The van der Waals surface area contributed by atoms with Crippen LogP contribution < -0.4 is 5.32 Å². The minimum absolute atomic E-state index is 0.102. The van der Waals surface area contributed by atoms with Crippen molar-refractivity contribution in [2.45, 2.75) is 36.6 Å². The topological polar surface area (TPSA) is 72.5 Å². The maximum absolute atomic E-state index is 12.5. The quantitative estimate of drug-likeness (QED) is 0.346. The Balaban J connectivity index is 1.65. The van der Waals surface area contributed by atoms with Crippen molar-refractivity contribution in [1.82, 2.24) is 5.32 Å². The predicted molar refractivity (Wildman–Crippen MR) is 101 cm³/mol. The summed E-state index contributed by atoms with van der Waals surface area (Å²) in [4.78, 5) is 36.5. The largest absolute Gasteiger partial charge is 0.458 e. The molecule has 0 spiro atoms. The first-order valence-corrected chi connectivity index (χ1v) is 9.18. The highest BCUT2D eigenvalue weighted by Gasteiger charge is 2.38. The molecule has 1 N–H and O–H groups in total. The lowest BCUT2D eigenvalue weighted by atomic mass is 9.80. The molecule has 0 saturated heterocycles. The number of carbonyl (C=O) groups is 3. The molecule has 1 atom stereocenters. The average molecular weight is 418 g/mol. The first kappa shape index (κ1) is 18.6. The number of hydrogen-bond acceptors (Lipinski definition) is 4. The molecule has 0 saturated carbocycles. The van der Waals surface area contributed by atoms with Crippen molar-refractivity contribution in [2.24, 2.45) is 0 Å². The van der Waals surface area contributed by atoms with Gasteiger partial charge in [0.25, 0.3) is 5.91 Å². The van der Waals surface area contributed by atoms with Gasteiger partial charge in [-0.1, -0.05) is 60.1 Å². The number of amides is 1. The Hall–Kier alpha value is -2.21. The van der Waals surface area contributed by atoms with E-state index >= 15 is 0 Å². The lowest BCUT2D eigenvalue weighted by Crippen LogP contribution is -2.47. The average Bonchev–Trinajstić information content (AvgIpc) is 2.94. The predicted octanol–water partition coefficient (Wildman–Crippen LogP) is 2.94. The molecule has 1 amide bonds. The van der Waals surface area contributed by atoms with Crippen molar-refractivity contribution in [2.75, 3.05) is 6.61 Å². The van der Waals surface area contributed by atoms with Crippen LogP contribution in [0.3, 0.4) is 0 Å². The van der Waals surface area contributed by atoms with E-state index in [9.17, 15) is 14.4 Å². The van der Waals surface area contributed by atoms with Crippen LogP contribution in [0.2, 0.25) is 0 Å². The third-order valence-corrected chi connectivity index (χ3v) is 5.44. The summed E-state index contributed by atoms with van der Waals surface area (Å²) in [5.74, 6) is -1.48. The zero-order valence-electron chi connectivity index (χ0n) is 14.7. The number of halogens is 1. The van der Waals surface area contributed by atoms with Crippen molar-refractivity contribution in [3.05, 3.63) is 59.2 Å². The summed E-state index contributed by atoms with van der Waals surface area (Å²) in [7, 11) is 0. The zero-order chi connectivity index (χ0) is 18.9. The van der Waals surface area contributed by atoms with E-state index in [1.807, 2.05) is 44.2 Å². The fourth-order valence-corrected chi connectivity index (χ4v) is 3.84. The van der Waals surface area contributed by atoms with Gasteiger partial charge in [0.05, 0.1) is 5.57 Å². The SMILES string of the molecule is CC(C)(CC(=O)C(=O)NC1(Br)C=CC2=C(COC2=O)C1)c1ccccc1. The van der Waals surface area contributed by atoms with Gasteiger partial charge in [0, 0.05) is 12.8 Å². The van der Waals surface area contributed by atoms with E-state index in [4.69, 9.17) is 4.74 Å². The molecule has 3 rings (SSSR count). The Morgan fingerprint density at radius 3 is 2.65 bits per heavy atom. The van der Waals surface area contributed by atoms with E-state index in [2.05, 4.69) is 21.2 Å². The molecule has 26 heavy (non-hydrogen) atoms. The summed E-state index contributed by atoms with van der Waals surface area (Å²) in [6.07, 6.45) is 3.78. The second-order valence-electron chi connectivity index (χ2n) is 7.27. The van der Waals surface area contributed by atoms with Crippen LogP contribution in [0.5, 0.6) is 0 Å². The molecule has 1 unspecified atom stereocenters. The Bertz CT molecular complexity index is 825. The van der Waals surface area contributed by atoms with Gasteiger partial charge in [0.1, 0.15) is 11.1 Å². The fraction of sp³-hybridized carbons (Fsp3) is 0.350. The molecule has 2 aliphatic rings. The Morgan fingerprint density at radius 1 is 1.27 bits per heavy atom. The van der Waals surface area contributed by atoms with Crippen molar-refractivity contribution in [1.29, 1.82) is 0 Å². The van der Waals surface area contributed by atoms with E-state index < -0.39 is 21.6 Å². The molecule has 1 heterocycles. The molecule has 136 valence electrons. The third-order valence-electron chi connectivity index (χ3n) is 4.70. The second-order valence-corrected chi connectivity index (χ2v) is 8.68. The summed E-state index contributed by atoms with van der Waals surface area (Å²) < 4.78 is 4.11. The second kappa shape index (κ2) is 6.83. The van der Waals surface area contributed by atoms with Crippen molar-refractivity contribution >= 4 is 33.6 Å². The normalized spacial score (nSPS) is 22.0.